The molecule has 1 aromatic heterocycles. The predicted molar refractivity (Wildman–Crippen MR) is 66.6 cm³/mol. The van der Waals surface area contributed by atoms with Gasteiger partial charge >= 0.3 is 0 Å². The number of nitrogens with zero attached hydrogens (tertiary/aromatic N) is 1. The summed E-state index contributed by atoms with van der Waals surface area (Å²) in [4.78, 5) is 19.0. The zero-order valence-electron chi connectivity index (χ0n) is 10.4. The van der Waals surface area contributed by atoms with Crippen molar-refractivity contribution < 1.29 is 9.90 Å². The summed E-state index contributed by atoms with van der Waals surface area (Å²) in [6, 6.07) is -0.290. The van der Waals surface area contributed by atoms with Crippen LogP contribution in [0.1, 0.15) is 25.0 Å². The minimum absolute atomic E-state index is 0.0326. The van der Waals surface area contributed by atoms with Crippen molar-refractivity contribution in [3.8, 4) is 0 Å². The molecule has 1 aliphatic carbocycles. The number of carbonyl (C=O) groups is 1. The summed E-state index contributed by atoms with van der Waals surface area (Å²) in [5.41, 5.74) is 6.18. The monoisotopic (exact) mass is 252 g/mol. The molecule has 1 aliphatic rings. The summed E-state index contributed by atoms with van der Waals surface area (Å²) in [5.74, 6) is -0.0326. The highest BCUT2D eigenvalue weighted by Gasteiger charge is 2.43. The van der Waals surface area contributed by atoms with Crippen LogP contribution in [0.15, 0.2) is 12.5 Å². The number of amides is 1. The molecule has 1 fully saturated rings. The standard InChI is InChI=1S/C12H20N4O2/c13-7-12(2-1-3-12)11(18)16-10(6-17)4-9-5-14-8-15-9/h5,8,10,17H,1-4,6-7,13H2,(H,14,15)(H,16,18)/t10-/m0/s1. The van der Waals surface area contributed by atoms with Crippen LogP contribution in [0.3, 0.4) is 0 Å². The fourth-order valence-electron chi connectivity index (χ4n) is 2.29. The van der Waals surface area contributed by atoms with E-state index >= 15 is 0 Å². The van der Waals surface area contributed by atoms with Crippen molar-refractivity contribution in [2.75, 3.05) is 13.2 Å². The maximum Gasteiger partial charge on any atom is 0.227 e. The number of nitrogens with one attached hydrogen (secondary N) is 2. The first-order chi connectivity index (χ1) is 8.70. The van der Waals surface area contributed by atoms with Gasteiger partial charge in [-0.3, -0.25) is 4.79 Å². The maximum absolute atomic E-state index is 12.1. The highest BCUT2D eigenvalue weighted by Crippen LogP contribution is 2.40. The van der Waals surface area contributed by atoms with Gasteiger partial charge in [-0.1, -0.05) is 6.42 Å². The molecule has 1 heterocycles. The van der Waals surface area contributed by atoms with Crippen molar-refractivity contribution in [3.05, 3.63) is 18.2 Å². The van der Waals surface area contributed by atoms with Gasteiger partial charge in [0.1, 0.15) is 0 Å². The number of hydrogen-bond acceptors (Lipinski definition) is 4. The first-order valence-corrected chi connectivity index (χ1v) is 6.29. The number of aliphatic hydroxyl groups is 1. The quantitative estimate of drug-likeness (QED) is 0.551. The van der Waals surface area contributed by atoms with E-state index in [0.717, 1.165) is 25.0 Å². The Kier molecular flexibility index (Phi) is 3.98. The summed E-state index contributed by atoms with van der Waals surface area (Å²) in [6.07, 6.45) is 6.56. The lowest BCUT2D eigenvalue weighted by Crippen LogP contribution is -2.54. The van der Waals surface area contributed by atoms with Gasteiger partial charge in [-0.25, -0.2) is 4.98 Å². The van der Waals surface area contributed by atoms with E-state index < -0.39 is 5.41 Å². The van der Waals surface area contributed by atoms with Gasteiger partial charge in [0.2, 0.25) is 5.91 Å². The van der Waals surface area contributed by atoms with Crippen LogP contribution in [-0.2, 0) is 11.2 Å². The molecule has 1 atom stereocenters. The van der Waals surface area contributed by atoms with Crippen LogP contribution in [0.5, 0.6) is 0 Å². The molecule has 0 bridgehead atoms. The molecule has 2 rings (SSSR count). The van der Waals surface area contributed by atoms with E-state index in [1.54, 1.807) is 12.5 Å². The third kappa shape index (κ3) is 2.54. The molecule has 0 radical (unpaired) electrons. The molecule has 1 saturated carbocycles. The minimum atomic E-state index is -0.401. The highest BCUT2D eigenvalue weighted by molar-refractivity contribution is 5.84. The Morgan fingerprint density at radius 1 is 1.67 bits per heavy atom. The SMILES string of the molecule is NCC1(C(=O)N[C@H](CO)Cc2cnc[nH]2)CCC1. The Balaban J connectivity index is 1.91. The minimum Gasteiger partial charge on any atom is -0.394 e. The van der Waals surface area contributed by atoms with E-state index in [0.29, 0.717) is 13.0 Å². The van der Waals surface area contributed by atoms with E-state index in [2.05, 4.69) is 15.3 Å². The van der Waals surface area contributed by atoms with E-state index in [4.69, 9.17) is 5.73 Å². The second-order valence-electron chi connectivity index (χ2n) is 4.97. The number of aromatic nitrogens is 2. The van der Waals surface area contributed by atoms with Crippen molar-refractivity contribution >= 4 is 5.91 Å². The Morgan fingerprint density at radius 3 is 2.89 bits per heavy atom. The predicted octanol–water partition coefficient (Wildman–Crippen LogP) is -0.442. The van der Waals surface area contributed by atoms with Gasteiger partial charge in [-0.15, -0.1) is 0 Å². The Bertz CT molecular complexity index is 381. The van der Waals surface area contributed by atoms with Crippen molar-refractivity contribution in [2.24, 2.45) is 11.1 Å². The van der Waals surface area contributed by atoms with Gasteiger partial charge < -0.3 is 21.1 Å². The summed E-state index contributed by atoms with van der Waals surface area (Å²) in [6.45, 7) is 0.284. The molecule has 100 valence electrons. The van der Waals surface area contributed by atoms with Gasteiger partial charge in [0.05, 0.1) is 24.4 Å². The van der Waals surface area contributed by atoms with Gasteiger partial charge in [-0.2, -0.15) is 0 Å². The number of aromatic amines is 1. The van der Waals surface area contributed by atoms with E-state index in [-0.39, 0.29) is 18.6 Å². The van der Waals surface area contributed by atoms with Crippen LogP contribution >= 0.6 is 0 Å². The molecule has 0 unspecified atom stereocenters. The fraction of sp³-hybridized carbons (Fsp3) is 0.667. The first kappa shape index (κ1) is 13.0. The third-order valence-electron chi connectivity index (χ3n) is 3.76. The number of nitrogens with two attached hydrogens (primary N) is 1. The topological polar surface area (TPSA) is 104 Å². The number of rotatable bonds is 6. The number of imidazole rings is 1. The van der Waals surface area contributed by atoms with Crippen LogP contribution in [0, 0.1) is 5.41 Å². The average Bonchev–Trinajstić information content (AvgIpc) is 2.80. The Labute approximate surface area is 106 Å². The third-order valence-corrected chi connectivity index (χ3v) is 3.76. The smallest absolute Gasteiger partial charge is 0.227 e. The molecule has 18 heavy (non-hydrogen) atoms. The van der Waals surface area contributed by atoms with Gasteiger partial charge in [-0.05, 0) is 12.8 Å². The lowest BCUT2D eigenvalue weighted by molar-refractivity contribution is -0.136. The number of H-pyrrole nitrogens is 1. The van der Waals surface area contributed by atoms with Gasteiger partial charge in [0.15, 0.2) is 0 Å². The van der Waals surface area contributed by atoms with Gasteiger partial charge in [0, 0.05) is 24.9 Å². The molecule has 0 aliphatic heterocycles. The number of carbonyl (C=O) groups excluding carboxylic acids is 1. The zero-order valence-corrected chi connectivity index (χ0v) is 10.4. The fourth-order valence-corrected chi connectivity index (χ4v) is 2.29. The molecular weight excluding hydrogens is 232 g/mol. The van der Waals surface area contributed by atoms with Crippen molar-refractivity contribution in [1.29, 1.82) is 0 Å². The van der Waals surface area contributed by atoms with Crippen LogP contribution in [0.4, 0.5) is 0 Å². The van der Waals surface area contributed by atoms with Crippen LogP contribution < -0.4 is 11.1 Å². The molecule has 0 saturated heterocycles. The largest absolute Gasteiger partial charge is 0.394 e. The van der Waals surface area contributed by atoms with Crippen molar-refractivity contribution in [3.63, 3.8) is 0 Å². The lowest BCUT2D eigenvalue weighted by Gasteiger charge is -2.40. The highest BCUT2D eigenvalue weighted by atomic mass is 16.3. The molecule has 0 spiro atoms. The normalized spacial score (nSPS) is 19.0. The zero-order chi connectivity index (χ0) is 13.0. The van der Waals surface area contributed by atoms with Crippen molar-refractivity contribution in [2.45, 2.75) is 31.7 Å². The van der Waals surface area contributed by atoms with E-state index in [1.165, 1.54) is 0 Å². The number of aliphatic hydroxyl groups excluding tert-OH is 1. The Morgan fingerprint density at radius 2 is 2.44 bits per heavy atom. The summed E-state index contributed by atoms with van der Waals surface area (Å²) in [7, 11) is 0. The molecular formula is C12H20N4O2. The summed E-state index contributed by atoms with van der Waals surface area (Å²) in [5, 5.41) is 12.2. The maximum atomic E-state index is 12.1. The van der Waals surface area contributed by atoms with Gasteiger partial charge in [0.25, 0.3) is 0 Å². The average molecular weight is 252 g/mol. The molecule has 6 nitrogen and oxygen atoms in total. The van der Waals surface area contributed by atoms with Crippen LogP contribution in [0.25, 0.3) is 0 Å². The molecule has 5 N–H and O–H groups in total. The lowest BCUT2D eigenvalue weighted by atomic mass is 9.68. The summed E-state index contributed by atoms with van der Waals surface area (Å²) < 4.78 is 0. The first-order valence-electron chi connectivity index (χ1n) is 6.29. The Hall–Kier alpha value is -1.40. The van der Waals surface area contributed by atoms with Crippen molar-refractivity contribution in [1.82, 2.24) is 15.3 Å². The van der Waals surface area contributed by atoms with Crippen LogP contribution in [0.2, 0.25) is 0 Å². The summed E-state index contributed by atoms with van der Waals surface area (Å²) >= 11 is 0. The van der Waals surface area contributed by atoms with E-state index in [9.17, 15) is 9.90 Å². The molecule has 1 aromatic rings. The molecule has 6 heteroatoms. The van der Waals surface area contributed by atoms with E-state index in [1.807, 2.05) is 0 Å². The number of hydrogen-bond donors (Lipinski definition) is 4. The molecule has 0 aromatic carbocycles. The van der Waals surface area contributed by atoms with Crippen LogP contribution in [-0.4, -0.2) is 40.2 Å². The molecule has 1 amide bonds. The second-order valence-corrected chi connectivity index (χ2v) is 4.97. The second kappa shape index (κ2) is 5.49.